The Balaban J connectivity index is 1.57. The van der Waals surface area contributed by atoms with Crippen molar-refractivity contribution in [2.45, 2.75) is 25.8 Å². The van der Waals surface area contributed by atoms with Crippen molar-refractivity contribution in [3.05, 3.63) is 64.2 Å². The molecule has 0 radical (unpaired) electrons. The summed E-state index contributed by atoms with van der Waals surface area (Å²) in [5.41, 5.74) is 0.947. The molecule has 0 saturated carbocycles. The van der Waals surface area contributed by atoms with Crippen LogP contribution in [0.4, 0.5) is 5.13 Å². The second-order valence-corrected chi connectivity index (χ2v) is 8.96. The maximum atomic E-state index is 12.7. The van der Waals surface area contributed by atoms with Crippen LogP contribution >= 0.6 is 11.3 Å². The largest absolute Gasteiger partial charge is 0.508 e. The van der Waals surface area contributed by atoms with Crippen LogP contribution in [0.1, 0.15) is 37.7 Å². The summed E-state index contributed by atoms with van der Waals surface area (Å²) in [6, 6.07) is 8.23. The summed E-state index contributed by atoms with van der Waals surface area (Å²) in [5.74, 6) is -3.89. The van der Waals surface area contributed by atoms with Gasteiger partial charge in [-0.2, -0.15) is 0 Å². The highest BCUT2D eigenvalue weighted by Gasteiger charge is 2.25. The van der Waals surface area contributed by atoms with Gasteiger partial charge in [-0.15, -0.1) is 0 Å². The van der Waals surface area contributed by atoms with E-state index in [1.165, 1.54) is 13.0 Å². The van der Waals surface area contributed by atoms with E-state index >= 15 is 0 Å². The van der Waals surface area contributed by atoms with Crippen molar-refractivity contribution in [3.63, 3.8) is 0 Å². The number of aromatic hydroxyl groups is 3. The molecular weight excluding hydrogens is 504 g/mol. The number of phenolic OH excluding ortho intramolecular Hbond substituents is 3. The highest BCUT2D eigenvalue weighted by molar-refractivity contribution is 7.17. The molecule has 3 aromatic rings. The number of carbonyl (C=O) groups is 4. The van der Waals surface area contributed by atoms with Crippen LogP contribution in [0.2, 0.25) is 0 Å². The number of carboxylic acids is 1. The summed E-state index contributed by atoms with van der Waals surface area (Å²) in [7, 11) is 0. The molecule has 1 atom stereocenters. The lowest BCUT2D eigenvalue weighted by Gasteiger charge is -2.15. The van der Waals surface area contributed by atoms with Crippen LogP contribution in [0.3, 0.4) is 0 Å². The summed E-state index contributed by atoms with van der Waals surface area (Å²) < 4.78 is 0. The Morgan fingerprint density at radius 1 is 0.973 bits per heavy atom. The van der Waals surface area contributed by atoms with Gasteiger partial charge in [0.25, 0.3) is 11.8 Å². The zero-order valence-corrected chi connectivity index (χ0v) is 20.3. The van der Waals surface area contributed by atoms with E-state index < -0.39 is 30.4 Å². The van der Waals surface area contributed by atoms with Crippen LogP contribution in [-0.2, 0) is 16.0 Å². The molecule has 0 spiro atoms. The maximum absolute atomic E-state index is 12.7. The van der Waals surface area contributed by atoms with Gasteiger partial charge in [-0.1, -0.05) is 23.5 Å². The average Bonchev–Trinajstić information content (AvgIpc) is 3.19. The lowest BCUT2D eigenvalue weighted by atomic mass is 10.1. The van der Waals surface area contributed by atoms with E-state index in [4.69, 9.17) is 0 Å². The van der Waals surface area contributed by atoms with Crippen molar-refractivity contribution in [2.24, 2.45) is 0 Å². The van der Waals surface area contributed by atoms with Crippen molar-refractivity contribution in [1.82, 2.24) is 15.6 Å². The average molecular weight is 529 g/mol. The van der Waals surface area contributed by atoms with E-state index in [1.807, 2.05) is 0 Å². The van der Waals surface area contributed by atoms with Crippen molar-refractivity contribution >= 4 is 40.2 Å². The van der Waals surface area contributed by atoms with Crippen LogP contribution in [-0.4, -0.2) is 61.7 Å². The Bertz CT molecular complexity index is 1320. The quantitative estimate of drug-likeness (QED) is 0.205. The number of hydrogen-bond donors (Lipinski definition) is 7. The van der Waals surface area contributed by atoms with Crippen LogP contribution in [0.15, 0.2) is 42.5 Å². The smallest absolute Gasteiger partial charge is 0.328 e. The summed E-state index contributed by atoms with van der Waals surface area (Å²) in [5, 5.41) is 45.4. The monoisotopic (exact) mass is 528 g/mol. The molecule has 3 amide bonds. The fourth-order valence-electron chi connectivity index (χ4n) is 3.26. The van der Waals surface area contributed by atoms with Crippen molar-refractivity contribution < 1.29 is 39.6 Å². The summed E-state index contributed by atoms with van der Waals surface area (Å²) in [4.78, 5) is 53.1. The van der Waals surface area contributed by atoms with Gasteiger partial charge in [0.1, 0.15) is 28.2 Å². The number of phenols is 3. The van der Waals surface area contributed by atoms with Gasteiger partial charge in [-0.3, -0.25) is 14.4 Å². The molecule has 7 N–H and O–H groups in total. The van der Waals surface area contributed by atoms with Gasteiger partial charge in [0.2, 0.25) is 5.91 Å². The number of thiazole rings is 1. The van der Waals surface area contributed by atoms with Crippen LogP contribution in [0.25, 0.3) is 0 Å². The van der Waals surface area contributed by atoms with E-state index in [1.54, 1.807) is 18.2 Å². The standard InChI is InChI=1S/C24H24N4O8S/c1-12-20(37-24(26-12)28-19(32)6-5-13-3-2-4-15(29)7-13)22(34)27-18(23(35)36)11-25-21(33)14-8-16(30)10-17(31)9-14/h2-4,7-10,18,29-31H,5-6,11H2,1H3,(H,25,33)(H,27,34)(H,35,36)(H,26,28,32)/t18-/m0/s1. The fourth-order valence-corrected chi connectivity index (χ4v) is 4.14. The number of hydrogen-bond acceptors (Lipinski definition) is 9. The van der Waals surface area contributed by atoms with Gasteiger partial charge in [0, 0.05) is 24.6 Å². The molecule has 37 heavy (non-hydrogen) atoms. The summed E-state index contributed by atoms with van der Waals surface area (Å²) in [6.07, 6.45) is 0.494. The molecule has 0 bridgehead atoms. The molecule has 0 aliphatic heterocycles. The second-order valence-electron chi connectivity index (χ2n) is 7.96. The van der Waals surface area contributed by atoms with E-state index in [-0.39, 0.29) is 50.8 Å². The highest BCUT2D eigenvalue weighted by Crippen LogP contribution is 2.23. The first-order chi connectivity index (χ1) is 17.5. The number of aryl methyl sites for hydroxylation is 2. The van der Waals surface area contributed by atoms with E-state index in [9.17, 15) is 39.6 Å². The molecule has 0 fully saturated rings. The number of carboxylic acid groups (broad SMARTS) is 1. The number of aliphatic carboxylic acids is 1. The molecule has 0 unspecified atom stereocenters. The summed E-state index contributed by atoms with van der Waals surface area (Å²) in [6.45, 7) is 1.05. The van der Waals surface area contributed by atoms with Gasteiger partial charge >= 0.3 is 5.97 Å². The topological polar surface area (TPSA) is 198 Å². The predicted molar refractivity (Wildman–Crippen MR) is 133 cm³/mol. The van der Waals surface area contributed by atoms with Gasteiger partial charge in [0.05, 0.1) is 5.69 Å². The number of aromatic nitrogens is 1. The van der Waals surface area contributed by atoms with Crippen molar-refractivity contribution in [3.8, 4) is 17.2 Å². The number of amides is 3. The molecule has 13 heteroatoms. The minimum absolute atomic E-state index is 0.0822. The maximum Gasteiger partial charge on any atom is 0.328 e. The number of anilines is 1. The van der Waals surface area contributed by atoms with Crippen molar-refractivity contribution in [2.75, 3.05) is 11.9 Å². The third kappa shape index (κ3) is 7.67. The van der Waals surface area contributed by atoms with Crippen LogP contribution in [0, 0.1) is 6.92 Å². The first kappa shape index (κ1) is 26.9. The molecule has 1 heterocycles. The number of nitrogens with zero attached hydrogens (tertiary/aromatic N) is 1. The predicted octanol–water partition coefficient (Wildman–Crippen LogP) is 1.75. The molecule has 0 saturated heterocycles. The number of carbonyl (C=O) groups excluding carboxylic acids is 3. The van der Waals surface area contributed by atoms with Gasteiger partial charge in [-0.05, 0) is 43.2 Å². The molecule has 1 aromatic heterocycles. The first-order valence-corrected chi connectivity index (χ1v) is 11.7. The zero-order chi connectivity index (χ0) is 27.1. The van der Waals surface area contributed by atoms with Gasteiger partial charge in [-0.25, -0.2) is 9.78 Å². The zero-order valence-electron chi connectivity index (χ0n) is 19.5. The molecule has 0 aliphatic rings. The van der Waals surface area contributed by atoms with Gasteiger partial charge < -0.3 is 36.4 Å². The Kier molecular flexibility index (Phi) is 8.64. The van der Waals surface area contributed by atoms with Crippen molar-refractivity contribution in [1.29, 1.82) is 0 Å². The highest BCUT2D eigenvalue weighted by atomic mass is 32.1. The summed E-state index contributed by atoms with van der Waals surface area (Å²) >= 11 is 0.867. The molecule has 3 rings (SSSR count). The molecule has 2 aromatic carbocycles. The second kappa shape index (κ2) is 11.9. The van der Waals surface area contributed by atoms with E-state index in [0.29, 0.717) is 6.42 Å². The Morgan fingerprint density at radius 3 is 2.32 bits per heavy atom. The van der Waals surface area contributed by atoms with Crippen LogP contribution in [0.5, 0.6) is 17.2 Å². The SMILES string of the molecule is Cc1nc(NC(=O)CCc2cccc(O)c2)sc1C(=O)N[C@@H](CNC(=O)c1cc(O)cc(O)c1)C(=O)O. The third-order valence-corrected chi connectivity index (χ3v) is 6.11. The molecular formula is C24H24N4O8S. The third-order valence-electron chi connectivity index (χ3n) is 5.04. The fraction of sp³-hybridized carbons (Fsp3) is 0.208. The van der Waals surface area contributed by atoms with Crippen LogP contribution < -0.4 is 16.0 Å². The lowest BCUT2D eigenvalue weighted by molar-refractivity contribution is -0.139. The van der Waals surface area contributed by atoms with E-state index in [0.717, 1.165) is 35.1 Å². The first-order valence-electron chi connectivity index (χ1n) is 10.9. The normalized spacial score (nSPS) is 11.4. The van der Waals surface area contributed by atoms with Gasteiger partial charge in [0.15, 0.2) is 5.13 Å². The van der Waals surface area contributed by atoms with E-state index in [2.05, 4.69) is 20.9 Å². The lowest BCUT2D eigenvalue weighted by Crippen LogP contribution is -2.48. The minimum Gasteiger partial charge on any atom is -0.508 e. The minimum atomic E-state index is -1.50. The molecule has 194 valence electrons. The molecule has 0 aliphatic carbocycles. The Labute approximate surface area is 214 Å². The Morgan fingerprint density at radius 2 is 1.68 bits per heavy atom. The number of rotatable bonds is 10. The molecule has 12 nitrogen and oxygen atoms in total. The number of benzene rings is 2. The Hall–Kier alpha value is -4.65. The number of nitrogens with one attached hydrogen (secondary N) is 3.